The van der Waals surface area contributed by atoms with E-state index < -0.39 is 0 Å². The number of hydrogen-bond acceptors (Lipinski definition) is 6. The highest BCUT2D eigenvalue weighted by Crippen LogP contribution is 2.36. The van der Waals surface area contributed by atoms with Gasteiger partial charge in [0.05, 0.1) is 5.75 Å². The Morgan fingerprint density at radius 2 is 1.61 bits per heavy atom. The maximum Gasteiger partial charge on any atom is 0.257 e. The lowest BCUT2D eigenvalue weighted by Gasteiger charge is -2.05. The molecule has 0 spiro atoms. The molecule has 3 aromatic carbocycles. The predicted molar refractivity (Wildman–Crippen MR) is 119 cm³/mol. The van der Waals surface area contributed by atoms with Gasteiger partial charge in [-0.05, 0) is 12.1 Å². The van der Waals surface area contributed by atoms with Crippen molar-refractivity contribution in [3.8, 4) is 34.1 Å². The Morgan fingerprint density at radius 3 is 2.39 bits per heavy atom. The summed E-state index contributed by atoms with van der Waals surface area (Å²) in [5, 5.41) is 3.30. The van der Waals surface area contributed by atoms with Crippen molar-refractivity contribution in [3.05, 3.63) is 78.9 Å². The van der Waals surface area contributed by atoms with E-state index in [1.165, 1.54) is 11.8 Å². The van der Waals surface area contributed by atoms with E-state index in [1.807, 2.05) is 60.7 Å². The molecule has 154 valence electrons. The molecule has 1 aromatic heterocycles. The third-order valence-electron chi connectivity index (χ3n) is 4.67. The number of fused-ring (bicyclic) bond motifs is 1. The van der Waals surface area contributed by atoms with Crippen molar-refractivity contribution < 1.29 is 18.7 Å². The topological polar surface area (TPSA) is 73.6 Å². The minimum absolute atomic E-state index is 0.162. The number of carbonyl (C=O) groups excluding carboxylic acids is 1. The zero-order chi connectivity index (χ0) is 21.0. The van der Waals surface area contributed by atoms with Crippen LogP contribution in [0.25, 0.3) is 22.6 Å². The van der Waals surface area contributed by atoms with Gasteiger partial charge in [0.25, 0.3) is 5.22 Å². The molecule has 4 aromatic rings. The van der Waals surface area contributed by atoms with Gasteiger partial charge in [-0.2, -0.15) is 0 Å². The molecule has 0 aliphatic carbocycles. The predicted octanol–water partition coefficient (Wildman–Crippen LogP) is 5.47. The van der Waals surface area contributed by atoms with Gasteiger partial charge in [0.15, 0.2) is 17.3 Å². The zero-order valence-electron chi connectivity index (χ0n) is 16.4. The summed E-state index contributed by atoms with van der Waals surface area (Å²) in [7, 11) is 0. The Morgan fingerprint density at radius 1 is 0.903 bits per heavy atom. The summed E-state index contributed by atoms with van der Waals surface area (Å²) >= 11 is 1.25. The number of carbonyl (C=O) groups is 1. The maximum atomic E-state index is 12.4. The van der Waals surface area contributed by atoms with Crippen LogP contribution in [0.3, 0.4) is 0 Å². The van der Waals surface area contributed by atoms with Crippen molar-refractivity contribution in [2.75, 3.05) is 17.9 Å². The first-order chi connectivity index (χ1) is 15.3. The van der Waals surface area contributed by atoms with Gasteiger partial charge in [0.1, 0.15) is 5.69 Å². The molecule has 1 aliphatic rings. The summed E-state index contributed by atoms with van der Waals surface area (Å²) in [4.78, 5) is 17.1. The number of hydrogen-bond donors (Lipinski definition) is 1. The van der Waals surface area contributed by atoms with Gasteiger partial charge < -0.3 is 19.2 Å². The number of rotatable bonds is 6. The monoisotopic (exact) mass is 430 g/mol. The molecular formula is C24H18N2O4S. The first-order valence-corrected chi connectivity index (χ1v) is 10.7. The molecule has 0 atom stereocenters. The Bertz CT molecular complexity index is 1150. The van der Waals surface area contributed by atoms with Gasteiger partial charge in [0, 0.05) is 22.9 Å². The standard InChI is InChI=1S/C24H18N2O4S/c27-21(25-18-11-12-19-20(13-18)29-15-28-19)14-31-24-26-22(16-7-3-1-4-8-16)23(30-24)17-9-5-2-6-10-17/h1-13H,14-15H2,(H,25,27). The van der Waals surface area contributed by atoms with Crippen molar-refractivity contribution in [1.29, 1.82) is 0 Å². The first kappa shape index (κ1) is 19.3. The van der Waals surface area contributed by atoms with E-state index in [4.69, 9.17) is 13.9 Å². The van der Waals surface area contributed by atoms with Gasteiger partial charge in [-0.3, -0.25) is 4.79 Å². The van der Waals surface area contributed by atoms with Gasteiger partial charge in [-0.25, -0.2) is 4.98 Å². The molecule has 0 saturated heterocycles. The van der Waals surface area contributed by atoms with Gasteiger partial charge in [-0.15, -0.1) is 0 Å². The number of aromatic nitrogens is 1. The zero-order valence-corrected chi connectivity index (χ0v) is 17.2. The number of nitrogens with one attached hydrogen (secondary N) is 1. The van der Waals surface area contributed by atoms with E-state index in [9.17, 15) is 4.79 Å². The lowest BCUT2D eigenvalue weighted by molar-refractivity contribution is -0.113. The summed E-state index contributed by atoms with van der Waals surface area (Å²) in [6, 6.07) is 25.0. The van der Waals surface area contributed by atoms with Crippen molar-refractivity contribution in [2.45, 2.75) is 5.22 Å². The molecule has 0 radical (unpaired) electrons. The van der Waals surface area contributed by atoms with Gasteiger partial charge in [0.2, 0.25) is 12.7 Å². The van der Waals surface area contributed by atoms with Crippen molar-refractivity contribution in [1.82, 2.24) is 4.98 Å². The molecule has 7 heteroatoms. The second kappa shape index (κ2) is 8.57. The van der Waals surface area contributed by atoms with Gasteiger partial charge >= 0.3 is 0 Å². The highest BCUT2D eigenvalue weighted by Gasteiger charge is 2.18. The Balaban J connectivity index is 1.32. The average molecular weight is 430 g/mol. The second-order valence-electron chi connectivity index (χ2n) is 6.79. The van der Waals surface area contributed by atoms with E-state index in [2.05, 4.69) is 10.3 Å². The molecule has 1 aliphatic heterocycles. The van der Waals surface area contributed by atoms with Crippen LogP contribution in [-0.4, -0.2) is 23.4 Å². The van der Waals surface area contributed by atoms with Crippen LogP contribution < -0.4 is 14.8 Å². The quantitative estimate of drug-likeness (QED) is 0.409. The molecule has 1 N–H and O–H groups in total. The number of benzene rings is 3. The van der Waals surface area contributed by atoms with Crippen molar-refractivity contribution in [3.63, 3.8) is 0 Å². The summed E-state index contributed by atoms with van der Waals surface area (Å²) in [6.45, 7) is 0.195. The maximum absolute atomic E-state index is 12.4. The van der Waals surface area contributed by atoms with Crippen LogP contribution in [0.4, 0.5) is 5.69 Å². The van der Waals surface area contributed by atoms with Crippen LogP contribution in [0.5, 0.6) is 11.5 Å². The van der Waals surface area contributed by atoms with E-state index in [1.54, 1.807) is 18.2 Å². The summed E-state index contributed by atoms with van der Waals surface area (Å²) in [5.41, 5.74) is 3.30. The van der Waals surface area contributed by atoms with Crippen LogP contribution in [0.15, 0.2) is 88.5 Å². The third kappa shape index (κ3) is 4.27. The number of nitrogens with zero attached hydrogens (tertiary/aromatic N) is 1. The average Bonchev–Trinajstić information content (AvgIpc) is 3.46. The van der Waals surface area contributed by atoms with Crippen molar-refractivity contribution >= 4 is 23.4 Å². The fraction of sp³-hybridized carbons (Fsp3) is 0.0833. The van der Waals surface area contributed by atoms with Gasteiger partial charge in [-0.1, -0.05) is 72.4 Å². The molecule has 2 heterocycles. The normalized spacial score (nSPS) is 12.0. The van der Waals surface area contributed by atoms with Crippen LogP contribution in [0.1, 0.15) is 0 Å². The molecule has 5 rings (SSSR count). The first-order valence-electron chi connectivity index (χ1n) is 9.70. The summed E-state index contributed by atoms with van der Waals surface area (Å²) in [6.07, 6.45) is 0. The summed E-state index contributed by atoms with van der Waals surface area (Å²) in [5.74, 6) is 1.99. The Kier molecular flexibility index (Phi) is 5.33. The van der Waals surface area contributed by atoms with Crippen LogP contribution in [-0.2, 0) is 4.79 Å². The molecule has 0 bridgehead atoms. The molecule has 0 fully saturated rings. The highest BCUT2D eigenvalue weighted by molar-refractivity contribution is 7.99. The second-order valence-corrected chi connectivity index (χ2v) is 7.72. The molecular weight excluding hydrogens is 412 g/mol. The van der Waals surface area contributed by atoms with E-state index in [0.717, 1.165) is 16.8 Å². The number of ether oxygens (including phenoxy) is 2. The highest BCUT2D eigenvalue weighted by atomic mass is 32.2. The van der Waals surface area contributed by atoms with Crippen molar-refractivity contribution in [2.24, 2.45) is 0 Å². The fourth-order valence-electron chi connectivity index (χ4n) is 3.24. The number of anilines is 1. The molecule has 0 unspecified atom stereocenters. The number of amides is 1. The Hall–Kier alpha value is -3.71. The summed E-state index contributed by atoms with van der Waals surface area (Å²) < 4.78 is 16.7. The molecule has 0 saturated carbocycles. The van der Waals surface area contributed by atoms with E-state index in [-0.39, 0.29) is 18.5 Å². The molecule has 1 amide bonds. The third-order valence-corrected chi connectivity index (χ3v) is 5.50. The number of thioether (sulfide) groups is 1. The smallest absolute Gasteiger partial charge is 0.257 e. The van der Waals surface area contributed by atoms with E-state index in [0.29, 0.717) is 28.2 Å². The SMILES string of the molecule is O=C(CSc1nc(-c2ccccc2)c(-c2ccccc2)o1)Nc1ccc2c(c1)OCO2. The lowest BCUT2D eigenvalue weighted by atomic mass is 10.1. The lowest BCUT2D eigenvalue weighted by Crippen LogP contribution is -2.13. The fourth-order valence-corrected chi connectivity index (χ4v) is 3.86. The number of oxazole rings is 1. The minimum atomic E-state index is -0.162. The van der Waals surface area contributed by atoms with E-state index >= 15 is 0 Å². The Labute approximate surface area is 183 Å². The van der Waals surface area contributed by atoms with Crippen LogP contribution in [0, 0.1) is 0 Å². The largest absolute Gasteiger partial charge is 0.454 e. The van der Waals surface area contributed by atoms with Crippen LogP contribution in [0.2, 0.25) is 0 Å². The molecule has 31 heavy (non-hydrogen) atoms. The van der Waals surface area contributed by atoms with Crippen LogP contribution >= 0.6 is 11.8 Å². The minimum Gasteiger partial charge on any atom is -0.454 e. The molecule has 6 nitrogen and oxygen atoms in total.